The molecule has 94 valence electrons. The van der Waals surface area contributed by atoms with E-state index in [1.54, 1.807) is 19.1 Å². The average molecular weight is 250 g/mol. The highest BCUT2D eigenvalue weighted by Gasteiger charge is 2.14. The lowest BCUT2D eigenvalue weighted by atomic mass is 10.2. The van der Waals surface area contributed by atoms with Gasteiger partial charge in [-0.3, -0.25) is 0 Å². The van der Waals surface area contributed by atoms with Crippen molar-refractivity contribution in [1.82, 2.24) is 0 Å². The standard InChI is InChI=1S/C13H11FO4/c1-8-10(13(15)16)6-9(18-8)7-17-12-5-3-2-4-11(12)14/h2-6H,7H2,1H3,(H,15,16). The molecule has 4 nitrogen and oxygen atoms in total. The van der Waals surface area contributed by atoms with Gasteiger partial charge < -0.3 is 14.3 Å². The lowest BCUT2D eigenvalue weighted by molar-refractivity contribution is 0.0695. The summed E-state index contributed by atoms with van der Waals surface area (Å²) in [6.07, 6.45) is 0. The molecule has 0 spiro atoms. The molecule has 0 aliphatic rings. The zero-order valence-electron chi connectivity index (χ0n) is 9.64. The summed E-state index contributed by atoms with van der Waals surface area (Å²) in [7, 11) is 0. The summed E-state index contributed by atoms with van der Waals surface area (Å²) in [6.45, 7) is 1.53. The molecular weight excluding hydrogens is 239 g/mol. The second-order valence-electron chi connectivity index (χ2n) is 3.71. The summed E-state index contributed by atoms with van der Waals surface area (Å²) < 4.78 is 23.7. The van der Waals surface area contributed by atoms with Crippen LogP contribution in [0.25, 0.3) is 0 Å². The SMILES string of the molecule is Cc1oc(COc2ccccc2F)cc1C(=O)O. The highest BCUT2D eigenvalue weighted by molar-refractivity contribution is 5.88. The van der Waals surface area contributed by atoms with Crippen LogP contribution in [0, 0.1) is 12.7 Å². The van der Waals surface area contributed by atoms with E-state index in [2.05, 4.69) is 0 Å². The van der Waals surface area contributed by atoms with Gasteiger partial charge in [0.2, 0.25) is 0 Å². The van der Waals surface area contributed by atoms with Crippen molar-refractivity contribution < 1.29 is 23.4 Å². The number of furan rings is 1. The van der Waals surface area contributed by atoms with Crippen LogP contribution < -0.4 is 4.74 Å². The number of halogens is 1. The smallest absolute Gasteiger partial charge is 0.339 e. The average Bonchev–Trinajstić information content (AvgIpc) is 2.70. The molecule has 1 N–H and O–H groups in total. The number of carbonyl (C=O) groups is 1. The quantitative estimate of drug-likeness (QED) is 0.906. The summed E-state index contributed by atoms with van der Waals surface area (Å²) in [4.78, 5) is 10.8. The van der Waals surface area contributed by atoms with Crippen molar-refractivity contribution in [1.29, 1.82) is 0 Å². The molecule has 0 atom stereocenters. The van der Waals surface area contributed by atoms with E-state index in [4.69, 9.17) is 14.3 Å². The monoisotopic (exact) mass is 250 g/mol. The molecular formula is C13H11FO4. The van der Waals surface area contributed by atoms with Crippen LogP contribution in [0.3, 0.4) is 0 Å². The van der Waals surface area contributed by atoms with Gasteiger partial charge in [0.1, 0.15) is 23.7 Å². The van der Waals surface area contributed by atoms with Crippen molar-refractivity contribution >= 4 is 5.97 Å². The minimum atomic E-state index is -1.06. The fraction of sp³-hybridized carbons (Fsp3) is 0.154. The fourth-order valence-corrected chi connectivity index (χ4v) is 1.54. The molecule has 1 aromatic heterocycles. The molecule has 0 fully saturated rings. The van der Waals surface area contributed by atoms with Crippen molar-refractivity contribution in [2.45, 2.75) is 13.5 Å². The lowest BCUT2D eigenvalue weighted by Crippen LogP contribution is -1.97. The summed E-state index contributed by atoms with van der Waals surface area (Å²) >= 11 is 0. The van der Waals surface area contributed by atoms with E-state index < -0.39 is 11.8 Å². The Kier molecular flexibility index (Phi) is 3.32. The molecule has 18 heavy (non-hydrogen) atoms. The molecule has 0 unspecified atom stereocenters. The number of ether oxygens (including phenoxy) is 1. The van der Waals surface area contributed by atoms with Gasteiger partial charge >= 0.3 is 5.97 Å². The predicted molar refractivity (Wildman–Crippen MR) is 61.1 cm³/mol. The van der Waals surface area contributed by atoms with Crippen molar-refractivity contribution in [2.24, 2.45) is 0 Å². The highest BCUT2D eigenvalue weighted by Crippen LogP contribution is 2.19. The number of aromatic carboxylic acids is 1. The van der Waals surface area contributed by atoms with Crippen LogP contribution in [0.1, 0.15) is 21.9 Å². The maximum Gasteiger partial charge on any atom is 0.339 e. The van der Waals surface area contributed by atoms with E-state index in [0.717, 1.165) is 0 Å². The predicted octanol–water partition coefficient (Wildman–Crippen LogP) is 3.00. The maximum absolute atomic E-state index is 13.3. The Labute approximate surface area is 103 Å². The van der Waals surface area contributed by atoms with Crippen LogP contribution >= 0.6 is 0 Å². The first kappa shape index (κ1) is 12.2. The number of hydrogen-bond donors (Lipinski definition) is 1. The summed E-state index contributed by atoms with van der Waals surface area (Å²) in [5, 5.41) is 8.85. The van der Waals surface area contributed by atoms with Crippen LogP contribution in [0.5, 0.6) is 5.75 Å². The molecule has 0 radical (unpaired) electrons. The van der Waals surface area contributed by atoms with Gasteiger partial charge in [0.15, 0.2) is 11.6 Å². The molecule has 5 heteroatoms. The summed E-state index contributed by atoms with van der Waals surface area (Å²) in [5.74, 6) is -0.793. The first-order valence-corrected chi connectivity index (χ1v) is 5.28. The largest absolute Gasteiger partial charge is 0.483 e. The van der Waals surface area contributed by atoms with Gasteiger partial charge in [-0.15, -0.1) is 0 Å². The van der Waals surface area contributed by atoms with E-state index in [9.17, 15) is 9.18 Å². The first-order chi connectivity index (χ1) is 8.58. The number of para-hydroxylation sites is 1. The van der Waals surface area contributed by atoms with Crippen LogP contribution in [0.2, 0.25) is 0 Å². The van der Waals surface area contributed by atoms with Crippen LogP contribution in [0.15, 0.2) is 34.7 Å². The molecule has 0 aliphatic heterocycles. The van der Waals surface area contributed by atoms with Gasteiger partial charge in [-0.1, -0.05) is 12.1 Å². The second kappa shape index (κ2) is 4.91. The Morgan fingerprint density at radius 3 is 2.78 bits per heavy atom. The molecule has 2 aromatic rings. The second-order valence-corrected chi connectivity index (χ2v) is 3.71. The highest BCUT2D eigenvalue weighted by atomic mass is 19.1. The van der Waals surface area contributed by atoms with E-state index >= 15 is 0 Å². The minimum absolute atomic E-state index is 0.0188. The third-order valence-electron chi connectivity index (χ3n) is 2.41. The number of hydrogen-bond acceptors (Lipinski definition) is 3. The third kappa shape index (κ3) is 2.51. The molecule has 0 amide bonds. The van der Waals surface area contributed by atoms with E-state index in [-0.39, 0.29) is 17.9 Å². The van der Waals surface area contributed by atoms with Crippen molar-refractivity contribution in [3.63, 3.8) is 0 Å². The molecule has 2 rings (SSSR count). The van der Waals surface area contributed by atoms with Gasteiger partial charge in [-0.2, -0.15) is 0 Å². The van der Waals surface area contributed by atoms with Gasteiger partial charge in [0.25, 0.3) is 0 Å². The zero-order valence-corrected chi connectivity index (χ0v) is 9.64. The van der Waals surface area contributed by atoms with Crippen molar-refractivity contribution in [2.75, 3.05) is 0 Å². The van der Waals surface area contributed by atoms with Gasteiger partial charge in [0, 0.05) is 0 Å². The van der Waals surface area contributed by atoms with Crippen LogP contribution in [-0.4, -0.2) is 11.1 Å². The number of benzene rings is 1. The topological polar surface area (TPSA) is 59.7 Å². The Hall–Kier alpha value is -2.30. The number of carboxylic acid groups (broad SMARTS) is 1. The zero-order chi connectivity index (χ0) is 13.1. The van der Waals surface area contributed by atoms with Gasteiger partial charge in [-0.05, 0) is 25.1 Å². The molecule has 1 aromatic carbocycles. The van der Waals surface area contributed by atoms with Crippen LogP contribution in [-0.2, 0) is 6.61 Å². The van der Waals surface area contributed by atoms with Gasteiger partial charge in [-0.25, -0.2) is 9.18 Å². The van der Waals surface area contributed by atoms with Crippen molar-refractivity contribution in [3.05, 3.63) is 53.2 Å². The van der Waals surface area contributed by atoms with Crippen LogP contribution in [0.4, 0.5) is 4.39 Å². The Bertz CT molecular complexity index is 574. The summed E-state index contributed by atoms with van der Waals surface area (Å²) in [5.41, 5.74) is 0.0853. The first-order valence-electron chi connectivity index (χ1n) is 5.28. The normalized spacial score (nSPS) is 10.3. The molecule has 0 aliphatic carbocycles. The molecule has 0 saturated carbocycles. The lowest BCUT2D eigenvalue weighted by Gasteiger charge is -2.04. The number of carboxylic acids is 1. The molecule has 1 heterocycles. The number of aryl methyl sites for hydroxylation is 1. The summed E-state index contributed by atoms with van der Waals surface area (Å²) in [6, 6.07) is 7.35. The fourth-order valence-electron chi connectivity index (χ4n) is 1.54. The Morgan fingerprint density at radius 1 is 1.44 bits per heavy atom. The third-order valence-corrected chi connectivity index (χ3v) is 2.41. The van der Waals surface area contributed by atoms with E-state index in [1.165, 1.54) is 18.2 Å². The minimum Gasteiger partial charge on any atom is -0.483 e. The van der Waals surface area contributed by atoms with E-state index in [1.807, 2.05) is 0 Å². The van der Waals surface area contributed by atoms with E-state index in [0.29, 0.717) is 11.5 Å². The van der Waals surface area contributed by atoms with Crippen molar-refractivity contribution in [3.8, 4) is 5.75 Å². The molecule has 0 bridgehead atoms. The number of rotatable bonds is 4. The van der Waals surface area contributed by atoms with Gasteiger partial charge in [0.05, 0.1) is 0 Å². The maximum atomic E-state index is 13.3. The Balaban J connectivity index is 2.09. The molecule has 0 saturated heterocycles. The Morgan fingerprint density at radius 2 is 2.17 bits per heavy atom.